The summed E-state index contributed by atoms with van der Waals surface area (Å²) in [7, 11) is 1.76. The van der Waals surface area contributed by atoms with Crippen LogP contribution in [0.5, 0.6) is 0 Å². The summed E-state index contributed by atoms with van der Waals surface area (Å²) in [6, 6.07) is 5.61. The molecule has 0 saturated heterocycles. The van der Waals surface area contributed by atoms with Crippen molar-refractivity contribution in [1.29, 1.82) is 5.26 Å². The first kappa shape index (κ1) is 17.8. The normalized spacial score (nSPS) is 12.1. The summed E-state index contributed by atoms with van der Waals surface area (Å²) in [5.74, 6) is 0.358. The van der Waals surface area contributed by atoms with Gasteiger partial charge in [-0.1, -0.05) is 20.8 Å². The Labute approximate surface area is 143 Å². The van der Waals surface area contributed by atoms with E-state index < -0.39 is 0 Å². The van der Waals surface area contributed by atoms with Gasteiger partial charge in [0.05, 0.1) is 11.3 Å². The summed E-state index contributed by atoms with van der Waals surface area (Å²) in [5, 5.41) is 16.5. The molecule has 0 radical (unpaired) electrons. The molecule has 0 aliphatic rings. The molecule has 1 N–H and O–H groups in total. The van der Waals surface area contributed by atoms with Gasteiger partial charge in [-0.25, -0.2) is 0 Å². The third kappa shape index (κ3) is 3.51. The Kier molecular flexibility index (Phi) is 4.32. The summed E-state index contributed by atoms with van der Waals surface area (Å²) in [6.45, 7) is 12.2. The SMILES string of the molecule is Cn1nc(C(C)(C)C)cc1C(=O)Nc1cc(C#N)cn1C(C)(C)C. The van der Waals surface area contributed by atoms with Crippen LogP contribution in [0.25, 0.3) is 0 Å². The third-order valence-corrected chi connectivity index (χ3v) is 3.79. The smallest absolute Gasteiger partial charge is 0.275 e. The van der Waals surface area contributed by atoms with Crippen LogP contribution < -0.4 is 5.32 Å². The van der Waals surface area contributed by atoms with Gasteiger partial charge in [0, 0.05) is 24.2 Å². The number of amides is 1. The standard InChI is InChI=1S/C18H25N5O/c1-17(2,3)14-9-13(22(7)21-14)16(24)20-15-8-12(10-19)11-23(15)18(4,5)6/h8-9,11H,1-7H3,(H,20,24). The van der Waals surface area contributed by atoms with Crippen LogP contribution in [0.3, 0.4) is 0 Å². The second-order valence-electron chi connectivity index (χ2n) is 8.01. The molecule has 0 aliphatic carbocycles. The van der Waals surface area contributed by atoms with E-state index in [-0.39, 0.29) is 16.9 Å². The third-order valence-electron chi connectivity index (χ3n) is 3.79. The van der Waals surface area contributed by atoms with Gasteiger partial charge >= 0.3 is 0 Å². The Morgan fingerprint density at radius 3 is 2.29 bits per heavy atom. The molecule has 0 saturated carbocycles. The first-order valence-electron chi connectivity index (χ1n) is 7.92. The Morgan fingerprint density at radius 2 is 1.83 bits per heavy atom. The highest BCUT2D eigenvalue weighted by molar-refractivity contribution is 6.02. The maximum atomic E-state index is 12.7. The lowest BCUT2D eigenvalue weighted by molar-refractivity contribution is 0.101. The number of hydrogen-bond donors (Lipinski definition) is 1. The fourth-order valence-electron chi connectivity index (χ4n) is 2.40. The number of carbonyl (C=O) groups is 1. The minimum absolute atomic E-state index is 0.129. The summed E-state index contributed by atoms with van der Waals surface area (Å²) >= 11 is 0. The fourth-order valence-corrected chi connectivity index (χ4v) is 2.40. The average Bonchev–Trinajstić information content (AvgIpc) is 3.01. The molecule has 24 heavy (non-hydrogen) atoms. The molecule has 0 aromatic carbocycles. The summed E-state index contributed by atoms with van der Waals surface area (Å²) < 4.78 is 3.48. The topological polar surface area (TPSA) is 75.6 Å². The molecule has 2 aromatic heterocycles. The zero-order chi connectivity index (χ0) is 18.3. The van der Waals surface area contributed by atoms with Crippen molar-refractivity contribution in [3.63, 3.8) is 0 Å². The van der Waals surface area contributed by atoms with Crippen LogP contribution in [0.2, 0.25) is 0 Å². The van der Waals surface area contributed by atoms with E-state index in [1.54, 1.807) is 24.0 Å². The van der Waals surface area contributed by atoms with Crippen LogP contribution >= 0.6 is 0 Å². The summed E-state index contributed by atoms with van der Waals surface area (Å²) in [5.41, 5.74) is 1.48. The number of nitrogens with one attached hydrogen (secondary N) is 1. The second-order valence-corrected chi connectivity index (χ2v) is 8.01. The monoisotopic (exact) mass is 327 g/mol. The van der Waals surface area contributed by atoms with Gasteiger partial charge in [0.15, 0.2) is 0 Å². The van der Waals surface area contributed by atoms with Crippen molar-refractivity contribution in [2.45, 2.75) is 52.5 Å². The van der Waals surface area contributed by atoms with Gasteiger partial charge in [0.2, 0.25) is 0 Å². The van der Waals surface area contributed by atoms with Crippen molar-refractivity contribution in [2.75, 3.05) is 5.32 Å². The lowest BCUT2D eigenvalue weighted by Crippen LogP contribution is -2.25. The Morgan fingerprint density at radius 1 is 1.21 bits per heavy atom. The molecule has 1 amide bonds. The minimum Gasteiger partial charge on any atom is -0.328 e. The number of aromatic nitrogens is 3. The van der Waals surface area contributed by atoms with Crippen LogP contribution in [0.15, 0.2) is 18.3 Å². The molecule has 0 fully saturated rings. The molecule has 0 aliphatic heterocycles. The number of nitrogens with zero attached hydrogens (tertiary/aromatic N) is 4. The van der Waals surface area contributed by atoms with Crippen LogP contribution in [0.4, 0.5) is 5.82 Å². The molecule has 2 aromatic rings. The molecular weight excluding hydrogens is 302 g/mol. The van der Waals surface area contributed by atoms with Crippen molar-refractivity contribution in [1.82, 2.24) is 14.3 Å². The van der Waals surface area contributed by atoms with Gasteiger partial charge in [0.25, 0.3) is 5.91 Å². The number of hydrogen-bond acceptors (Lipinski definition) is 3. The molecule has 0 atom stereocenters. The van der Waals surface area contributed by atoms with E-state index in [9.17, 15) is 4.79 Å². The van der Waals surface area contributed by atoms with Gasteiger partial charge in [0.1, 0.15) is 17.6 Å². The molecule has 0 spiro atoms. The van der Waals surface area contributed by atoms with Gasteiger partial charge < -0.3 is 9.88 Å². The van der Waals surface area contributed by atoms with Gasteiger partial charge in [-0.05, 0) is 32.9 Å². The van der Waals surface area contributed by atoms with Crippen molar-refractivity contribution >= 4 is 11.7 Å². The molecular formula is C18H25N5O. The van der Waals surface area contributed by atoms with Crippen molar-refractivity contribution in [2.24, 2.45) is 7.05 Å². The summed E-state index contributed by atoms with van der Waals surface area (Å²) in [6.07, 6.45) is 1.75. The number of anilines is 1. The second kappa shape index (κ2) is 5.82. The van der Waals surface area contributed by atoms with E-state index in [1.165, 1.54) is 0 Å². The quantitative estimate of drug-likeness (QED) is 0.918. The largest absolute Gasteiger partial charge is 0.328 e. The summed E-state index contributed by atoms with van der Waals surface area (Å²) in [4.78, 5) is 12.7. The number of carbonyl (C=O) groups excluding carboxylic acids is 1. The van der Waals surface area contributed by atoms with E-state index >= 15 is 0 Å². The van der Waals surface area contributed by atoms with Gasteiger partial charge in [-0.15, -0.1) is 0 Å². The maximum Gasteiger partial charge on any atom is 0.275 e. The minimum atomic E-state index is -0.249. The molecule has 128 valence electrons. The van der Waals surface area contributed by atoms with Crippen LogP contribution in [0, 0.1) is 11.3 Å². The highest BCUT2D eigenvalue weighted by atomic mass is 16.2. The van der Waals surface area contributed by atoms with E-state index in [0.717, 1.165) is 5.69 Å². The molecule has 6 nitrogen and oxygen atoms in total. The van der Waals surface area contributed by atoms with Crippen LogP contribution in [-0.2, 0) is 18.0 Å². The Balaban J connectivity index is 2.36. The Bertz CT molecular complexity index is 806. The first-order chi connectivity index (χ1) is 10.9. The average molecular weight is 327 g/mol. The Hall–Kier alpha value is -2.55. The highest BCUT2D eigenvalue weighted by Gasteiger charge is 2.24. The fraction of sp³-hybridized carbons (Fsp3) is 0.500. The first-order valence-corrected chi connectivity index (χ1v) is 7.92. The molecule has 6 heteroatoms. The molecule has 0 unspecified atom stereocenters. The molecule has 2 heterocycles. The van der Waals surface area contributed by atoms with Gasteiger partial charge in [-0.2, -0.15) is 10.4 Å². The molecule has 0 bridgehead atoms. The number of rotatable bonds is 2. The lowest BCUT2D eigenvalue weighted by atomic mass is 9.92. The van der Waals surface area contributed by atoms with E-state index in [4.69, 9.17) is 5.26 Å². The van der Waals surface area contributed by atoms with Crippen LogP contribution in [-0.4, -0.2) is 20.3 Å². The number of nitriles is 1. The zero-order valence-electron chi connectivity index (χ0n) is 15.4. The van der Waals surface area contributed by atoms with E-state index in [0.29, 0.717) is 17.1 Å². The lowest BCUT2D eigenvalue weighted by Gasteiger charge is -2.24. The highest BCUT2D eigenvalue weighted by Crippen LogP contribution is 2.25. The van der Waals surface area contributed by atoms with Crippen LogP contribution in [0.1, 0.15) is 63.3 Å². The predicted molar refractivity (Wildman–Crippen MR) is 94.0 cm³/mol. The predicted octanol–water partition coefficient (Wildman–Crippen LogP) is 3.40. The van der Waals surface area contributed by atoms with Crippen molar-refractivity contribution < 1.29 is 4.79 Å². The zero-order valence-corrected chi connectivity index (χ0v) is 15.4. The maximum absolute atomic E-state index is 12.7. The van der Waals surface area contributed by atoms with E-state index in [1.807, 2.05) is 31.4 Å². The van der Waals surface area contributed by atoms with Crippen molar-refractivity contribution in [3.05, 3.63) is 35.3 Å². The van der Waals surface area contributed by atoms with Crippen molar-refractivity contribution in [3.8, 4) is 6.07 Å². The molecule has 2 rings (SSSR count). The van der Waals surface area contributed by atoms with E-state index in [2.05, 4.69) is 37.3 Å². The number of aryl methyl sites for hydroxylation is 1. The van der Waals surface area contributed by atoms with Gasteiger partial charge in [-0.3, -0.25) is 9.48 Å².